The van der Waals surface area contributed by atoms with Crippen molar-refractivity contribution in [2.45, 2.75) is 170 Å². The van der Waals surface area contributed by atoms with Gasteiger partial charge in [-0.3, -0.25) is 38.5 Å². The third-order valence-corrected chi connectivity index (χ3v) is 15.6. The summed E-state index contributed by atoms with van der Waals surface area (Å²) in [6.45, 7) is -2.59. The number of rotatable bonds is 70. The van der Waals surface area contributed by atoms with Crippen molar-refractivity contribution in [1.82, 2.24) is 31.5 Å². The molecule has 0 spiro atoms. The van der Waals surface area contributed by atoms with Gasteiger partial charge in [-0.2, -0.15) is 0 Å². The van der Waals surface area contributed by atoms with Crippen LogP contribution in [0.25, 0.3) is 0 Å². The summed E-state index contributed by atoms with van der Waals surface area (Å²) in [4.78, 5) is 104. The van der Waals surface area contributed by atoms with Gasteiger partial charge >= 0.3 is 6.03 Å². The van der Waals surface area contributed by atoms with Crippen molar-refractivity contribution < 1.29 is 162 Å². The number of carbonyl (C=O) groups is 8. The van der Waals surface area contributed by atoms with Gasteiger partial charge in [0.1, 0.15) is 85.3 Å². The van der Waals surface area contributed by atoms with Gasteiger partial charge in [-0.05, 0) is 68.6 Å². The lowest BCUT2D eigenvalue weighted by Gasteiger charge is -2.27. The topological polar surface area (TPSA) is 623 Å². The zero-order valence-electron chi connectivity index (χ0n) is 63.2. The van der Waals surface area contributed by atoms with E-state index in [1.807, 2.05) is 0 Å². The summed E-state index contributed by atoms with van der Waals surface area (Å²) < 4.78 is 57.7. The Bertz CT molecular complexity index is 2720. The fraction of sp³-hybridized carbons (Fsp3) is 0.771. The lowest BCUT2D eigenvalue weighted by atomic mass is 10.0. The largest absolute Gasteiger partial charge is 0.394 e. The molecule has 1 aromatic rings. The maximum absolute atomic E-state index is 14.1. The summed E-state index contributed by atoms with van der Waals surface area (Å²) in [5.41, 5.74) is 6.16. The predicted octanol–water partition coefficient (Wildman–Crippen LogP) is -8.05. The summed E-state index contributed by atoms with van der Waals surface area (Å²) in [6.07, 6.45) is -9.67. The molecular formula is C70H122N8O33. The van der Waals surface area contributed by atoms with E-state index in [-0.39, 0.29) is 204 Å². The molecule has 2 rings (SSSR count). The second-order valence-corrected chi connectivity index (χ2v) is 26.8. The van der Waals surface area contributed by atoms with Crippen LogP contribution in [0.15, 0.2) is 36.4 Å². The Morgan fingerprint density at radius 2 is 0.757 bits per heavy atom. The lowest BCUT2D eigenvalue weighted by Crippen LogP contribution is -2.57. The standard InChI is InChI=1S/C70H122N8O33/c1-45(2)65(69(99)76-60(10-8-19-73-70(71)100)66(96)74-47-14-12-46(21-79)13-15-47)77-67(97)59(75-62(93)11-4-3-7-20-78-63(94)16-17-64(78)95)9-5-6-18-72-68(98)61(92)44-111-43-58(91)42-110-41-57(90)40-109-39-56(89)38-108-37-55(88)36-107-35-54(87)34-106-33-53(86)32-105-31-52(85)30-104-29-51(84)28-103-27-50(83)26-102-25-49(82)24-101-23-48(81)22-80/h12-17,45,48-61,65,79-92H,3-11,18-44H2,1-2H3,(H,72,98)(H,74,96)(H,75,93)(H,76,99)(H,77,97)(H3,71,73,100)/t48?,49?,50?,51?,52?,53?,54?,55?,56?,57?,58?,59-,60-,61?,65-/m0/s1. The van der Waals surface area contributed by atoms with Crippen molar-refractivity contribution >= 4 is 53.1 Å². The van der Waals surface area contributed by atoms with E-state index >= 15 is 0 Å². The van der Waals surface area contributed by atoms with Crippen molar-refractivity contribution in [3.05, 3.63) is 42.0 Å². The number of benzene rings is 1. The van der Waals surface area contributed by atoms with Crippen molar-refractivity contribution in [3.8, 4) is 0 Å². The fourth-order valence-corrected chi connectivity index (χ4v) is 9.81. The van der Waals surface area contributed by atoms with E-state index in [9.17, 15) is 105 Å². The molecule has 1 aromatic carbocycles. The number of aliphatic hydroxyl groups excluding tert-OH is 14. The number of ether oxygens (including phenoxy) is 11. The third kappa shape index (κ3) is 50.5. The third-order valence-electron chi connectivity index (χ3n) is 15.6. The summed E-state index contributed by atoms with van der Waals surface area (Å²) in [6, 6.07) is 1.96. The van der Waals surface area contributed by atoms with Gasteiger partial charge in [0.2, 0.25) is 23.6 Å². The number of urea groups is 1. The molecule has 0 aromatic heterocycles. The zero-order chi connectivity index (χ0) is 82.3. The Morgan fingerprint density at radius 3 is 1.13 bits per heavy atom. The number of amides is 9. The first-order valence-electron chi connectivity index (χ1n) is 36.9. The number of imide groups is 1. The lowest BCUT2D eigenvalue weighted by molar-refractivity contribution is -0.137. The Balaban J connectivity index is 1.63. The minimum atomic E-state index is -1.66. The van der Waals surface area contributed by atoms with Gasteiger partial charge in [-0.25, -0.2) is 4.79 Å². The number of anilines is 1. The Labute approximate surface area is 644 Å². The van der Waals surface area contributed by atoms with E-state index in [2.05, 4.69) is 31.9 Å². The average Bonchev–Trinajstić information content (AvgIpc) is 1.48. The molecule has 1 heterocycles. The monoisotopic (exact) mass is 1600 g/mol. The molecule has 0 saturated carbocycles. The molecule has 15 atom stereocenters. The maximum Gasteiger partial charge on any atom is 0.312 e. The van der Waals surface area contributed by atoms with E-state index in [4.69, 9.17) is 62.9 Å². The molecule has 0 saturated heterocycles. The molecule has 12 unspecified atom stereocenters. The smallest absolute Gasteiger partial charge is 0.312 e. The van der Waals surface area contributed by atoms with Gasteiger partial charge in [0.05, 0.1) is 159 Å². The first-order valence-corrected chi connectivity index (χ1v) is 36.9. The molecule has 9 amide bonds. The summed E-state index contributed by atoms with van der Waals surface area (Å²) in [5, 5.41) is 155. The number of nitrogens with zero attached hydrogens (tertiary/aromatic N) is 1. The molecule has 111 heavy (non-hydrogen) atoms. The number of nitrogens with one attached hydrogen (secondary N) is 6. The van der Waals surface area contributed by atoms with Crippen LogP contribution in [0.3, 0.4) is 0 Å². The van der Waals surface area contributed by atoms with Gasteiger partial charge in [-0.15, -0.1) is 0 Å². The van der Waals surface area contributed by atoms with E-state index in [0.29, 0.717) is 30.5 Å². The highest BCUT2D eigenvalue weighted by Crippen LogP contribution is 2.15. The van der Waals surface area contributed by atoms with Crippen LogP contribution < -0.4 is 37.6 Å². The molecule has 0 bridgehead atoms. The highest BCUT2D eigenvalue weighted by molar-refractivity contribution is 6.12. The van der Waals surface area contributed by atoms with E-state index < -0.39 is 158 Å². The van der Waals surface area contributed by atoms with Crippen LogP contribution in [-0.2, 0) is 92.3 Å². The number of nitrogens with two attached hydrogens (primary N) is 1. The number of carbonyl (C=O) groups excluding carboxylic acids is 8. The van der Waals surface area contributed by atoms with Crippen LogP contribution in [0.2, 0.25) is 0 Å². The van der Waals surface area contributed by atoms with Crippen molar-refractivity contribution in [2.24, 2.45) is 11.7 Å². The number of hydrogen-bond acceptors (Lipinski definition) is 33. The predicted molar refractivity (Wildman–Crippen MR) is 388 cm³/mol. The average molecular weight is 1600 g/mol. The molecule has 1 aliphatic heterocycles. The molecule has 640 valence electrons. The second kappa shape index (κ2) is 61.2. The maximum atomic E-state index is 14.1. The normalized spacial score (nSPS) is 16.5. The number of hydrogen-bond donors (Lipinski definition) is 21. The van der Waals surface area contributed by atoms with E-state index in [0.717, 1.165) is 4.90 Å². The van der Waals surface area contributed by atoms with Crippen LogP contribution in [0, 0.1) is 5.92 Å². The Kier molecular flexibility index (Phi) is 55.6. The number of aliphatic hydroxyl groups is 14. The first kappa shape index (κ1) is 101. The van der Waals surface area contributed by atoms with Crippen molar-refractivity contribution in [3.63, 3.8) is 0 Å². The summed E-state index contributed by atoms with van der Waals surface area (Å²) in [5.74, 6) is -4.80. The first-order chi connectivity index (χ1) is 53.0. The van der Waals surface area contributed by atoms with Gasteiger partial charge in [0.25, 0.3) is 17.7 Å². The molecule has 1 aliphatic rings. The molecule has 0 aliphatic carbocycles. The second-order valence-electron chi connectivity index (χ2n) is 26.8. The molecule has 0 fully saturated rings. The summed E-state index contributed by atoms with van der Waals surface area (Å²) >= 11 is 0. The van der Waals surface area contributed by atoms with Crippen LogP contribution in [0.1, 0.15) is 77.2 Å². The fourth-order valence-electron chi connectivity index (χ4n) is 9.81. The van der Waals surface area contributed by atoms with Crippen LogP contribution in [0.5, 0.6) is 0 Å². The molecule has 0 radical (unpaired) electrons. The summed E-state index contributed by atoms with van der Waals surface area (Å²) in [7, 11) is 0. The van der Waals surface area contributed by atoms with E-state index in [1.54, 1.807) is 38.1 Å². The SMILES string of the molecule is CC(C)[C@H](NC(=O)[C@H](CCCCNC(=O)C(O)COCC(O)COCC(O)COCC(O)COCC(O)COCC(O)COCC(O)COCC(O)COCC(O)COCC(O)COCC(O)COCC(O)CO)NC(=O)CCCCCN1C(=O)C=CC1=O)C(=O)N[C@@H](CCCNC(N)=O)C(=O)Nc1ccc(CO)cc1. The molecular weight excluding hydrogens is 1480 g/mol. The highest BCUT2D eigenvalue weighted by Gasteiger charge is 2.32. The molecule has 41 nitrogen and oxygen atoms in total. The molecule has 41 heteroatoms. The van der Waals surface area contributed by atoms with Crippen molar-refractivity contribution in [1.29, 1.82) is 0 Å². The van der Waals surface area contributed by atoms with Crippen LogP contribution in [-0.4, -0.2) is 387 Å². The van der Waals surface area contributed by atoms with Gasteiger partial charge in [0, 0.05) is 43.9 Å². The van der Waals surface area contributed by atoms with Gasteiger partial charge in [-0.1, -0.05) is 32.4 Å². The Morgan fingerprint density at radius 1 is 0.396 bits per heavy atom. The quantitative estimate of drug-likeness (QED) is 0.0213. The minimum Gasteiger partial charge on any atom is -0.394 e. The highest BCUT2D eigenvalue weighted by atomic mass is 16.6. The Hall–Kier alpha value is -6.28. The van der Waals surface area contributed by atoms with Crippen molar-refractivity contribution in [2.75, 3.05) is 177 Å². The zero-order valence-corrected chi connectivity index (χ0v) is 63.2. The minimum absolute atomic E-state index is 0.00971. The number of primary amides is 1. The molecule has 22 N–H and O–H groups in total. The van der Waals surface area contributed by atoms with E-state index in [1.165, 1.54) is 12.2 Å². The van der Waals surface area contributed by atoms with Crippen LogP contribution in [0.4, 0.5) is 10.5 Å². The van der Waals surface area contributed by atoms with Crippen LogP contribution >= 0.6 is 0 Å². The van der Waals surface area contributed by atoms with Gasteiger partial charge in [0.15, 0.2) is 6.10 Å². The number of unbranched alkanes of at least 4 members (excludes halogenated alkanes) is 3. The van der Waals surface area contributed by atoms with Gasteiger partial charge < -0.3 is 161 Å².